The molecule has 2 aliphatic rings. The maximum atomic E-state index is 13.0. The minimum Gasteiger partial charge on any atom is -0.482 e. The smallest absolute Gasteiger partial charge is 0.289 e. The van der Waals surface area contributed by atoms with Gasteiger partial charge in [-0.05, 0) is 42.5 Å². The van der Waals surface area contributed by atoms with E-state index in [0.717, 1.165) is 18.8 Å². The van der Waals surface area contributed by atoms with E-state index in [4.69, 9.17) is 20.8 Å². The van der Waals surface area contributed by atoms with Crippen molar-refractivity contribution in [2.24, 2.45) is 0 Å². The molecule has 8 heteroatoms. The molecule has 3 aromatic rings. The van der Waals surface area contributed by atoms with Crippen LogP contribution < -0.4 is 14.5 Å². The second-order valence-electron chi connectivity index (χ2n) is 7.76. The Kier molecular flexibility index (Phi) is 5.49. The zero-order valence-electron chi connectivity index (χ0n) is 17.4. The molecule has 2 amide bonds. The van der Waals surface area contributed by atoms with Crippen molar-refractivity contribution in [1.82, 2.24) is 4.90 Å². The first-order valence-corrected chi connectivity index (χ1v) is 10.9. The Hall–Kier alpha value is -3.45. The molecule has 2 aliphatic heterocycles. The normalized spacial score (nSPS) is 16.0. The summed E-state index contributed by atoms with van der Waals surface area (Å²) in [6.07, 6.45) is 0. The van der Waals surface area contributed by atoms with Gasteiger partial charge in [0.2, 0.25) is 0 Å². The number of nitrogens with zero attached hydrogens (tertiary/aromatic N) is 3. The van der Waals surface area contributed by atoms with Gasteiger partial charge in [-0.3, -0.25) is 14.5 Å². The monoisotopic (exact) mass is 451 g/mol. The number of carbonyl (C=O) groups is 2. The standard InChI is InChI=1S/C24H22ClN3O4/c25-17-4-3-5-18(14-17)26-10-12-27(13-11-26)24(30)22-9-8-19(32-22)15-28-20-6-1-2-7-21(20)31-16-23(28)29/h1-9,14H,10-13,15-16H2. The summed E-state index contributed by atoms with van der Waals surface area (Å²) in [4.78, 5) is 31.0. The number of rotatable bonds is 4. The van der Waals surface area contributed by atoms with E-state index in [-0.39, 0.29) is 30.7 Å². The summed E-state index contributed by atoms with van der Waals surface area (Å²) < 4.78 is 11.3. The Morgan fingerprint density at radius 2 is 1.78 bits per heavy atom. The number of benzene rings is 2. The fraction of sp³-hybridized carbons (Fsp3) is 0.250. The molecule has 7 nitrogen and oxygen atoms in total. The van der Waals surface area contributed by atoms with E-state index in [9.17, 15) is 9.59 Å². The number of hydrogen-bond donors (Lipinski definition) is 0. The first-order valence-electron chi connectivity index (χ1n) is 10.5. The predicted octanol–water partition coefficient (Wildman–Crippen LogP) is 3.82. The molecular weight excluding hydrogens is 430 g/mol. The van der Waals surface area contributed by atoms with Crippen LogP contribution in [0.5, 0.6) is 5.75 Å². The fourth-order valence-electron chi connectivity index (χ4n) is 4.06. The van der Waals surface area contributed by atoms with Gasteiger partial charge in [0.25, 0.3) is 11.8 Å². The van der Waals surface area contributed by atoms with Crippen molar-refractivity contribution < 1.29 is 18.7 Å². The third kappa shape index (κ3) is 4.03. The Bertz CT molecular complexity index is 1150. The first kappa shape index (κ1) is 20.5. The van der Waals surface area contributed by atoms with Crippen LogP contribution in [-0.4, -0.2) is 49.5 Å². The number of para-hydroxylation sites is 2. The third-order valence-electron chi connectivity index (χ3n) is 5.73. The largest absolute Gasteiger partial charge is 0.482 e. The van der Waals surface area contributed by atoms with E-state index in [1.54, 1.807) is 21.9 Å². The van der Waals surface area contributed by atoms with Crippen LogP contribution in [0.1, 0.15) is 16.3 Å². The topological polar surface area (TPSA) is 66.2 Å². The molecule has 0 bridgehead atoms. The molecule has 0 N–H and O–H groups in total. The van der Waals surface area contributed by atoms with E-state index in [1.807, 2.05) is 48.5 Å². The average molecular weight is 452 g/mol. The SMILES string of the molecule is O=C(c1ccc(CN2C(=O)COc3ccccc32)o1)N1CCN(c2cccc(Cl)c2)CC1. The molecule has 2 aromatic carbocycles. The van der Waals surface area contributed by atoms with Crippen LogP contribution in [0.4, 0.5) is 11.4 Å². The van der Waals surface area contributed by atoms with Crippen LogP contribution in [0, 0.1) is 0 Å². The summed E-state index contributed by atoms with van der Waals surface area (Å²) in [5.74, 6) is 1.20. The van der Waals surface area contributed by atoms with Crippen LogP contribution in [0.3, 0.4) is 0 Å². The Morgan fingerprint density at radius 1 is 0.969 bits per heavy atom. The van der Waals surface area contributed by atoms with Crippen molar-refractivity contribution >= 4 is 34.8 Å². The van der Waals surface area contributed by atoms with Gasteiger partial charge in [-0.2, -0.15) is 0 Å². The van der Waals surface area contributed by atoms with E-state index in [2.05, 4.69) is 4.90 Å². The highest BCUT2D eigenvalue weighted by molar-refractivity contribution is 6.30. The van der Waals surface area contributed by atoms with E-state index in [0.29, 0.717) is 35.3 Å². The summed E-state index contributed by atoms with van der Waals surface area (Å²) in [6, 6.07) is 18.5. The number of ether oxygens (including phenoxy) is 1. The minimum absolute atomic E-state index is 0.0135. The lowest BCUT2D eigenvalue weighted by molar-refractivity contribution is -0.121. The summed E-state index contributed by atoms with van der Waals surface area (Å²) in [6.45, 7) is 2.86. The maximum Gasteiger partial charge on any atom is 0.289 e. The van der Waals surface area contributed by atoms with Crippen molar-refractivity contribution in [2.75, 3.05) is 42.6 Å². The number of amides is 2. The van der Waals surface area contributed by atoms with Crippen molar-refractivity contribution in [2.45, 2.75) is 6.54 Å². The molecule has 0 atom stereocenters. The summed E-state index contributed by atoms with van der Waals surface area (Å²) >= 11 is 6.10. The van der Waals surface area contributed by atoms with Gasteiger partial charge in [0.1, 0.15) is 11.5 Å². The summed E-state index contributed by atoms with van der Waals surface area (Å²) in [5.41, 5.74) is 1.76. The Balaban J connectivity index is 1.24. The number of hydrogen-bond acceptors (Lipinski definition) is 5. The van der Waals surface area contributed by atoms with E-state index >= 15 is 0 Å². The fourth-order valence-corrected chi connectivity index (χ4v) is 4.24. The number of anilines is 2. The van der Waals surface area contributed by atoms with Gasteiger partial charge in [-0.15, -0.1) is 0 Å². The molecule has 0 spiro atoms. The van der Waals surface area contributed by atoms with Gasteiger partial charge in [0, 0.05) is 36.9 Å². The third-order valence-corrected chi connectivity index (χ3v) is 5.97. The van der Waals surface area contributed by atoms with Gasteiger partial charge in [0.05, 0.1) is 12.2 Å². The van der Waals surface area contributed by atoms with Gasteiger partial charge in [0.15, 0.2) is 12.4 Å². The molecule has 3 heterocycles. The van der Waals surface area contributed by atoms with Crippen LogP contribution in [0.15, 0.2) is 65.1 Å². The second kappa shape index (κ2) is 8.59. The van der Waals surface area contributed by atoms with Gasteiger partial charge < -0.3 is 19.0 Å². The van der Waals surface area contributed by atoms with Gasteiger partial charge >= 0.3 is 0 Å². The zero-order chi connectivity index (χ0) is 22.1. The van der Waals surface area contributed by atoms with Gasteiger partial charge in [-0.25, -0.2) is 0 Å². The molecule has 1 aromatic heterocycles. The van der Waals surface area contributed by atoms with Crippen molar-refractivity contribution in [3.05, 3.63) is 77.2 Å². The van der Waals surface area contributed by atoms with Crippen LogP contribution in [0.25, 0.3) is 0 Å². The summed E-state index contributed by atoms with van der Waals surface area (Å²) in [7, 11) is 0. The number of piperazine rings is 1. The van der Waals surface area contributed by atoms with Crippen LogP contribution >= 0.6 is 11.6 Å². The highest BCUT2D eigenvalue weighted by atomic mass is 35.5. The van der Waals surface area contributed by atoms with Crippen LogP contribution in [-0.2, 0) is 11.3 Å². The van der Waals surface area contributed by atoms with Crippen molar-refractivity contribution in [3.8, 4) is 5.75 Å². The average Bonchev–Trinajstić information content (AvgIpc) is 3.29. The van der Waals surface area contributed by atoms with Crippen LogP contribution in [0.2, 0.25) is 5.02 Å². The van der Waals surface area contributed by atoms with Crippen molar-refractivity contribution in [3.63, 3.8) is 0 Å². The lowest BCUT2D eigenvalue weighted by Gasteiger charge is -2.35. The molecule has 0 saturated carbocycles. The molecule has 0 unspecified atom stereocenters. The number of furan rings is 1. The lowest BCUT2D eigenvalue weighted by atomic mass is 10.2. The number of halogens is 1. The molecular formula is C24H22ClN3O4. The molecule has 0 radical (unpaired) electrons. The quantitative estimate of drug-likeness (QED) is 0.603. The maximum absolute atomic E-state index is 13.0. The molecule has 0 aliphatic carbocycles. The highest BCUT2D eigenvalue weighted by Gasteiger charge is 2.28. The second-order valence-corrected chi connectivity index (χ2v) is 8.20. The Labute approximate surface area is 190 Å². The summed E-state index contributed by atoms with van der Waals surface area (Å²) in [5, 5.41) is 0.700. The zero-order valence-corrected chi connectivity index (χ0v) is 18.1. The first-order chi connectivity index (χ1) is 15.6. The predicted molar refractivity (Wildman–Crippen MR) is 121 cm³/mol. The molecule has 32 heavy (non-hydrogen) atoms. The van der Waals surface area contributed by atoms with E-state index in [1.165, 1.54) is 0 Å². The number of carbonyl (C=O) groups excluding carboxylic acids is 2. The highest BCUT2D eigenvalue weighted by Crippen LogP contribution is 2.32. The molecule has 1 fully saturated rings. The minimum atomic E-state index is -0.148. The van der Waals surface area contributed by atoms with Gasteiger partial charge in [-0.1, -0.05) is 29.8 Å². The molecule has 164 valence electrons. The van der Waals surface area contributed by atoms with Crippen molar-refractivity contribution in [1.29, 1.82) is 0 Å². The van der Waals surface area contributed by atoms with E-state index < -0.39 is 0 Å². The Morgan fingerprint density at radius 3 is 2.59 bits per heavy atom. The lowest BCUT2D eigenvalue weighted by Crippen LogP contribution is -2.48. The molecule has 5 rings (SSSR count). The molecule has 1 saturated heterocycles. The number of fused-ring (bicyclic) bond motifs is 1.